The standard InChI is InChI=1S/C17H18N2O/c1-20-17-10-5-9-16(13-17)19(12-6-11-18)14-15-7-3-2-4-8-15/h2-5,7-10,13H,6,12,14H2,1H3. The van der Waals surface area contributed by atoms with Crippen LogP contribution in [0.5, 0.6) is 5.75 Å². The van der Waals surface area contributed by atoms with E-state index < -0.39 is 0 Å². The summed E-state index contributed by atoms with van der Waals surface area (Å²) >= 11 is 0. The van der Waals surface area contributed by atoms with Gasteiger partial charge in [-0.2, -0.15) is 5.26 Å². The Morgan fingerprint density at radius 2 is 1.90 bits per heavy atom. The molecular formula is C17H18N2O. The third-order valence-electron chi connectivity index (χ3n) is 3.13. The van der Waals surface area contributed by atoms with Crippen molar-refractivity contribution in [3.8, 4) is 11.8 Å². The van der Waals surface area contributed by atoms with Crippen LogP contribution in [-0.2, 0) is 6.54 Å². The zero-order chi connectivity index (χ0) is 14.2. The average Bonchev–Trinajstić information content (AvgIpc) is 2.52. The van der Waals surface area contributed by atoms with Crippen molar-refractivity contribution in [3.05, 3.63) is 60.2 Å². The number of methoxy groups -OCH3 is 1. The Labute approximate surface area is 120 Å². The zero-order valence-electron chi connectivity index (χ0n) is 11.6. The number of anilines is 1. The molecule has 3 heteroatoms. The van der Waals surface area contributed by atoms with Crippen molar-refractivity contribution < 1.29 is 4.74 Å². The van der Waals surface area contributed by atoms with E-state index in [0.717, 1.165) is 18.0 Å². The second kappa shape index (κ2) is 7.20. The van der Waals surface area contributed by atoms with Crippen molar-refractivity contribution in [2.24, 2.45) is 0 Å². The van der Waals surface area contributed by atoms with Crippen LogP contribution in [0.1, 0.15) is 12.0 Å². The van der Waals surface area contributed by atoms with Crippen molar-refractivity contribution in [1.82, 2.24) is 0 Å². The Morgan fingerprint density at radius 1 is 1.10 bits per heavy atom. The number of hydrogen-bond acceptors (Lipinski definition) is 3. The summed E-state index contributed by atoms with van der Waals surface area (Å²) in [7, 11) is 1.66. The van der Waals surface area contributed by atoms with Crippen LogP contribution in [-0.4, -0.2) is 13.7 Å². The van der Waals surface area contributed by atoms with Gasteiger partial charge in [-0.05, 0) is 17.7 Å². The van der Waals surface area contributed by atoms with Crippen molar-refractivity contribution >= 4 is 5.69 Å². The summed E-state index contributed by atoms with van der Waals surface area (Å²) in [5.74, 6) is 0.831. The minimum Gasteiger partial charge on any atom is -0.497 e. The molecule has 2 aromatic carbocycles. The first-order valence-electron chi connectivity index (χ1n) is 6.63. The van der Waals surface area contributed by atoms with E-state index in [1.54, 1.807) is 7.11 Å². The van der Waals surface area contributed by atoms with E-state index in [-0.39, 0.29) is 0 Å². The van der Waals surface area contributed by atoms with Gasteiger partial charge in [-0.3, -0.25) is 0 Å². The van der Waals surface area contributed by atoms with E-state index in [4.69, 9.17) is 10.00 Å². The van der Waals surface area contributed by atoms with Crippen LogP contribution >= 0.6 is 0 Å². The summed E-state index contributed by atoms with van der Waals surface area (Å²) in [6.45, 7) is 1.49. The maximum atomic E-state index is 8.83. The van der Waals surface area contributed by atoms with E-state index in [2.05, 4.69) is 23.1 Å². The topological polar surface area (TPSA) is 36.3 Å². The fourth-order valence-electron chi connectivity index (χ4n) is 2.10. The molecule has 0 aliphatic carbocycles. The maximum Gasteiger partial charge on any atom is 0.120 e. The van der Waals surface area contributed by atoms with Crippen molar-refractivity contribution in [1.29, 1.82) is 5.26 Å². The van der Waals surface area contributed by atoms with Gasteiger partial charge >= 0.3 is 0 Å². The van der Waals surface area contributed by atoms with E-state index in [9.17, 15) is 0 Å². The lowest BCUT2D eigenvalue weighted by atomic mass is 10.2. The van der Waals surface area contributed by atoms with Crippen LogP contribution in [0.3, 0.4) is 0 Å². The molecule has 0 atom stereocenters. The normalized spacial score (nSPS) is 9.80. The van der Waals surface area contributed by atoms with Crippen molar-refractivity contribution in [2.45, 2.75) is 13.0 Å². The average molecular weight is 266 g/mol. The summed E-state index contributed by atoms with van der Waals surface area (Å²) in [5.41, 5.74) is 2.30. The van der Waals surface area contributed by atoms with Gasteiger partial charge in [0.25, 0.3) is 0 Å². The van der Waals surface area contributed by atoms with Gasteiger partial charge in [0.2, 0.25) is 0 Å². The SMILES string of the molecule is COc1cccc(N(CCC#N)Cc2ccccc2)c1. The second-order valence-corrected chi connectivity index (χ2v) is 4.52. The third kappa shape index (κ3) is 3.76. The highest BCUT2D eigenvalue weighted by Crippen LogP contribution is 2.22. The number of hydrogen-bond donors (Lipinski definition) is 0. The molecule has 20 heavy (non-hydrogen) atoms. The first kappa shape index (κ1) is 14.0. The first-order chi connectivity index (χ1) is 9.83. The number of rotatable bonds is 6. The molecule has 0 spiro atoms. The van der Waals surface area contributed by atoms with Gasteiger partial charge in [0.05, 0.1) is 19.6 Å². The van der Waals surface area contributed by atoms with Gasteiger partial charge in [-0.1, -0.05) is 36.4 Å². The van der Waals surface area contributed by atoms with Crippen LogP contribution in [0.15, 0.2) is 54.6 Å². The molecule has 0 bridgehead atoms. The van der Waals surface area contributed by atoms with Crippen LogP contribution < -0.4 is 9.64 Å². The van der Waals surface area contributed by atoms with Crippen molar-refractivity contribution in [3.63, 3.8) is 0 Å². The van der Waals surface area contributed by atoms with Gasteiger partial charge in [0.15, 0.2) is 0 Å². The lowest BCUT2D eigenvalue weighted by Gasteiger charge is -2.24. The van der Waals surface area contributed by atoms with Gasteiger partial charge in [-0.25, -0.2) is 0 Å². The van der Waals surface area contributed by atoms with Gasteiger partial charge in [0.1, 0.15) is 5.75 Å². The van der Waals surface area contributed by atoms with Gasteiger partial charge < -0.3 is 9.64 Å². The summed E-state index contributed by atoms with van der Waals surface area (Å²) < 4.78 is 5.27. The molecule has 0 aromatic heterocycles. The molecule has 2 aromatic rings. The van der Waals surface area contributed by atoms with Crippen molar-refractivity contribution in [2.75, 3.05) is 18.6 Å². The van der Waals surface area contributed by atoms with Gasteiger partial charge in [0, 0.05) is 24.8 Å². The summed E-state index contributed by atoms with van der Waals surface area (Å²) in [6, 6.07) is 20.4. The number of nitrogens with zero attached hydrogens (tertiary/aromatic N) is 2. The molecule has 3 nitrogen and oxygen atoms in total. The van der Waals surface area contributed by atoms with Crippen LogP contribution in [0.2, 0.25) is 0 Å². The highest BCUT2D eigenvalue weighted by Gasteiger charge is 2.08. The Kier molecular flexibility index (Phi) is 5.02. The predicted molar refractivity (Wildman–Crippen MR) is 80.7 cm³/mol. The monoisotopic (exact) mass is 266 g/mol. The number of nitriles is 1. The molecule has 0 amide bonds. The zero-order valence-corrected chi connectivity index (χ0v) is 11.6. The summed E-state index contributed by atoms with van der Waals surface area (Å²) in [6.07, 6.45) is 0.504. The fraction of sp³-hybridized carbons (Fsp3) is 0.235. The van der Waals surface area contributed by atoms with E-state index in [1.165, 1.54) is 5.56 Å². The minimum atomic E-state index is 0.504. The van der Waals surface area contributed by atoms with Gasteiger partial charge in [-0.15, -0.1) is 0 Å². The minimum absolute atomic E-state index is 0.504. The van der Waals surface area contributed by atoms with Crippen LogP contribution in [0.4, 0.5) is 5.69 Å². The number of ether oxygens (including phenoxy) is 1. The first-order valence-corrected chi connectivity index (χ1v) is 6.63. The highest BCUT2D eigenvalue weighted by atomic mass is 16.5. The molecule has 0 saturated carbocycles. The van der Waals surface area contributed by atoms with Crippen LogP contribution in [0, 0.1) is 11.3 Å². The van der Waals surface area contributed by atoms with E-state index in [0.29, 0.717) is 13.0 Å². The molecule has 102 valence electrons. The lowest BCUT2D eigenvalue weighted by Crippen LogP contribution is -2.23. The molecule has 0 aliphatic rings. The molecular weight excluding hydrogens is 248 g/mol. The number of benzene rings is 2. The Hall–Kier alpha value is -2.47. The molecule has 0 saturated heterocycles. The third-order valence-corrected chi connectivity index (χ3v) is 3.13. The van der Waals surface area contributed by atoms with Crippen LogP contribution in [0.25, 0.3) is 0 Å². The highest BCUT2D eigenvalue weighted by molar-refractivity contribution is 5.51. The smallest absolute Gasteiger partial charge is 0.120 e. The molecule has 0 heterocycles. The summed E-state index contributed by atoms with van der Waals surface area (Å²) in [4.78, 5) is 2.20. The fourth-order valence-corrected chi connectivity index (χ4v) is 2.10. The lowest BCUT2D eigenvalue weighted by molar-refractivity contribution is 0.414. The predicted octanol–water partition coefficient (Wildman–Crippen LogP) is 3.62. The Balaban J connectivity index is 2.20. The molecule has 0 unspecified atom stereocenters. The van der Waals surface area contributed by atoms with E-state index >= 15 is 0 Å². The Bertz CT molecular complexity index is 575. The Morgan fingerprint density at radius 3 is 2.60 bits per heavy atom. The molecule has 0 aliphatic heterocycles. The molecule has 0 fully saturated rings. The molecule has 0 N–H and O–H groups in total. The second-order valence-electron chi connectivity index (χ2n) is 4.52. The summed E-state index contributed by atoms with van der Waals surface area (Å²) in [5, 5.41) is 8.83. The largest absolute Gasteiger partial charge is 0.497 e. The van der Waals surface area contributed by atoms with E-state index in [1.807, 2.05) is 42.5 Å². The molecule has 2 rings (SSSR count). The maximum absolute atomic E-state index is 8.83. The molecule has 0 radical (unpaired) electrons. The quantitative estimate of drug-likeness (QED) is 0.801.